The Labute approximate surface area is 154 Å². The lowest BCUT2D eigenvalue weighted by Gasteiger charge is -2.25. The van der Waals surface area contributed by atoms with Gasteiger partial charge in [-0.05, 0) is 36.1 Å². The van der Waals surface area contributed by atoms with Gasteiger partial charge in [0.1, 0.15) is 0 Å². The van der Waals surface area contributed by atoms with Crippen LogP contribution in [0.1, 0.15) is 63.5 Å². The van der Waals surface area contributed by atoms with Gasteiger partial charge >= 0.3 is 0 Å². The van der Waals surface area contributed by atoms with E-state index in [1.165, 1.54) is 68.4 Å². The molecule has 2 aromatic rings. The van der Waals surface area contributed by atoms with Crippen LogP contribution in [0.15, 0.2) is 54.6 Å². The van der Waals surface area contributed by atoms with Crippen LogP contribution in [-0.4, -0.2) is 13.1 Å². The molecule has 0 aliphatic heterocycles. The molecule has 25 heavy (non-hydrogen) atoms. The summed E-state index contributed by atoms with van der Waals surface area (Å²) in [5.41, 5.74) is 3.87. The van der Waals surface area contributed by atoms with Crippen molar-refractivity contribution >= 4 is 17.8 Å². The van der Waals surface area contributed by atoms with E-state index in [1.54, 1.807) is 0 Å². The maximum atomic E-state index is 2.57. The summed E-state index contributed by atoms with van der Waals surface area (Å²) in [4.78, 5) is 2.57. The van der Waals surface area contributed by atoms with E-state index in [9.17, 15) is 0 Å². The van der Waals surface area contributed by atoms with Crippen molar-refractivity contribution in [3.05, 3.63) is 65.7 Å². The van der Waals surface area contributed by atoms with Gasteiger partial charge in [0.25, 0.3) is 0 Å². The van der Waals surface area contributed by atoms with Gasteiger partial charge < -0.3 is 4.90 Å². The Balaban J connectivity index is 1.99. The molecule has 0 amide bonds. The smallest absolute Gasteiger partial charge is 0.0366 e. The first kappa shape index (κ1) is 19.3. The van der Waals surface area contributed by atoms with Gasteiger partial charge in [0, 0.05) is 18.8 Å². The average molecular weight is 336 g/mol. The third kappa shape index (κ3) is 7.17. The van der Waals surface area contributed by atoms with Crippen molar-refractivity contribution in [2.75, 3.05) is 18.0 Å². The van der Waals surface area contributed by atoms with Gasteiger partial charge in [-0.1, -0.05) is 94.1 Å². The van der Waals surface area contributed by atoms with Crippen LogP contribution >= 0.6 is 0 Å². The third-order valence-electron chi connectivity index (χ3n) is 4.59. The summed E-state index contributed by atoms with van der Waals surface area (Å²) in [7, 11) is 0. The average Bonchev–Trinajstić information content (AvgIpc) is 2.67. The lowest BCUT2D eigenvalue weighted by Crippen LogP contribution is -2.25. The molecule has 0 aromatic heterocycles. The first-order chi connectivity index (χ1) is 12.3. The minimum absolute atomic E-state index is 1.18. The molecule has 0 radical (unpaired) electrons. The van der Waals surface area contributed by atoms with E-state index in [-0.39, 0.29) is 0 Å². The number of nitrogens with zero attached hydrogens (tertiary/aromatic N) is 1. The SMILES string of the molecule is CCCCCN(CCCCC)c1ccc(C=Cc2ccccc2)cc1. The fraction of sp³-hybridized carbons (Fsp3) is 0.417. The highest BCUT2D eigenvalue weighted by atomic mass is 15.1. The minimum Gasteiger partial charge on any atom is -0.372 e. The maximum absolute atomic E-state index is 2.57. The standard InChI is InChI=1S/C24H33N/c1-3-5-10-20-25(21-11-6-4-2)24-18-16-23(17-19-24)15-14-22-12-8-7-9-13-22/h7-9,12-19H,3-6,10-11,20-21H2,1-2H3. The Hall–Kier alpha value is -2.02. The summed E-state index contributed by atoms with van der Waals surface area (Å²) in [6.45, 7) is 6.90. The molecule has 0 saturated heterocycles. The zero-order valence-electron chi connectivity index (χ0n) is 16.0. The van der Waals surface area contributed by atoms with Gasteiger partial charge in [-0.25, -0.2) is 0 Å². The summed E-state index contributed by atoms with van der Waals surface area (Å²) >= 11 is 0. The largest absolute Gasteiger partial charge is 0.372 e. The van der Waals surface area contributed by atoms with Crippen LogP contribution in [0.4, 0.5) is 5.69 Å². The Morgan fingerprint density at radius 3 is 1.68 bits per heavy atom. The van der Waals surface area contributed by atoms with Gasteiger partial charge in [0.2, 0.25) is 0 Å². The van der Waals surface area contributed by atoms with E-state index in [0.29, 0.717) is 0 Å². The van der Waals surface area contributed by atoms with Crippen molar-refractivity contribution in [1.82, 2.24) is 0 Å². The summed E-state index contributed by atoms with van der Waals surface area (Å²) in [6.07, 6.45) is 12.2. The van der Waals surface area contributed by atoms with Gasteiger partial charge in [0.15, 0.2) is 0 Å². The second-order valence-electron chi connectivity index (χ2n) is 6.74. The highest BCUT2D eigenvalue weighted by Gasteiger charge is 2.05. The summed E-state index contributed by atoms with van der Waals surface area (Å²) in [5.74, 6) is 0. The molecule has 0 bridgehead atoms. The monoisotopic (exact) mass is 335 g/mol. The minimum atomic E-state index is 1.18. The second kappa shape index (κ2) is 11.5. The summed E-state index contributed by atoms with van der Waals surface area (Å²) < 4.78 is 0. The topological polar surface area (TPSA) is 3.24 Å². The quantitative estimate of drug-likeness (QED) is 0.314. The maximum Gasteiger partial charge on any atom is 0.0366 e. The molecule has 2 aromatic carbocycles. The van der Waals surface area contributed by atoms with Crippen LogP contribution in [0, 0.1) is 0 Å². The molecule has 0 saturated carbocycles. The zero-order chi connectivity index (χ0) is 17.7. The number of hydrogen-bond acceptors (Lipinski definition) is 1. The highest BCUT2D eigenvalue weighted by molar-refractivity contribution is 5.70. The lowest BCUT2D eigenvalue weighted by molar-refractivity contribution is 0.636. The van der Waals surface area contributed by atoms with Crippen molar-refractivity contribution in [2.24, 2.45) is 0 Å². The van der Waals surface area contributed by atoms with E-state index in [1.807, 2.05) is 0 Å². The van der Waals surface area contributed by atoms with Crippen LogP contribution in [0.25, 0.3) is 12.2 Å². The Bertz CT molecular complexity index is 588. The third-order valence-corrected chi connectivity index (χ3v) is 4.59. The van der Waals surface area contributed by atoms with Crippen LogP contribution in [0.5, 0.6) is 0 Å². The Morgan fingerprint density at radius 1 is 0.640 bits per heavy atom. The molecule has 0 aliphatic rings. The number of benzene rings is 2. The first-order valence-corrected chi connectivity index (χ1v) is 9.91. The molecule has 134 valence electrons. The zero-order valence-corrected chi connectivity index (χ0v) is 16.0. The van der Waals surface area contributed by atoms with Crippen molar-refractivity contribution in [3.8, 4) is 0 Å². The van der Waals surface area contributed by atoms with Crippen LogP contribution in [-0.2, 0) is 0 Å². The fourth-order valence-electron chi connectivity index (χ4n) is 3.03. The van der Waals surface area contributed by atoms with Gasteiger partial charge in [-0.2, -0.15) is 0 Å². The molecule has 0 unspecified atom stereocenters. The van der Waals surface area contributed by atoms with Crippen molar-refractivity contribution < 1.29 is 0 Å². The normalized spacial score (nSPS) is 11.1. The Kier molecular flexibility index (Phi) is 8.90. The number of rotatable bonds is 11. The number of anilines is 1. The second-order valence-corrected chi connectivity index (χ2v) is 6.74. The molecule has 2 rings (SSSR count). The number of hydrogen-bond donors (Lipinski definition) is 0. The van der Waals surface area contributed by atoms with E-state index in [0.717, 1.165) is 0 Å². The molecule has 0 heterocycles. The molecule has 0 atom stereocenters. The van der Waals surface area contributed by atoms with Gasteiger partial charge in [0.05, 0.1) is 0 Å². The van der Waals surface area contributed by atoms with Crippen molar-refractivity contribution in [2.45, 2.75) is 52.4 Å². The Morgan fingerprint density at radius 2 is 1.16 bits per heavy atom. The predicted molar refractivity (Wildman–Crippen MR) is 113 cm³/mol. The summed E-state index contributed by atoms with van der Waals surface area (Å²) in [6, 6.07) is 19.5. The molecule has 0 spiro atoms. The highest BCUT2D eigenvalue weighted by Crippen LogP contribution is 2.19. The molecule has 0 N–H and O–H groups in total. The predicted octanol–water partition coefficient (Wildman–Crippen LogP) is 7.04. The molecular weight excluding hydrogens is 302 g/mol. The summed E-state index contributed by atoms with van der Waals surface area (Å²) in [5, 5.41) is 0. The van der Waals surface area contributed by atoms with Crippen LogP contribution in [0.3, 0.4) is 0 Å². The van der Waals surface area contributed by atoms with Crippen molar-refractivity contribution in [1.29, 1.82) is 0 Å². The number of unbranched alkanes of at least 4 members (excludes halogenated alkanes) is 4. The van der Waals surface area contributed by atoms with Gasteiger partial charge in [-0.15, -0.1) is 0 Å². The van der Waals surface area contributed by atoms with E-state index < -0.39 is 0 Å². The van der Waals surface area contributed by atoms with Crippen LogP contribution < -0.4 is 4.90 Å². The molecule has 0 aliphatic carbocycles. The van der Waals surface area contributed by atoms with E-state index in [2.05, 4.69) is 85.5 Å². The molecular formula is C24H33N. The fourth-order valence-corrected chi connectivity index (χ4v) is 3.03. The van der Waals surface area contributed by atoms with E-state index >= 15 is 0 Å². The van der Waals surface area contributed by atoms with Gasteiger partial charge in [-0.3, -0.25) is 0 Å². The lowest BCUT2D eigenvalue weighted by atomic mass is 10.1. The van der Waals surface area contributed by atoms with Crippen LogP contribution in [0.2, 0.25) is 0 Å². The molecule has 1 heteroatoms. The molecule has 1 nitrogen and oxygen atoms in total. The molecule has 0 fully saturated rings. The first-order valence-electron chi connectivity index (χ1n) is 9.91. The van der Waals surface area contributed by atoms with E-state index in [4.69, 9.17) is 0 Å². The van der Waals surface area contributed by atoms with Crippen molar-refractivity contribution in [3.63, 3.8) is 0 Å².